The first-order chi connectivity index (χ1) is 8.22. The van der Waals surface area contributed by atoms with Crippen molar-refractivity contribution in [3.8, 4) is 0 Å². The maximum Gasteiger partial charge on any atom is 0.166 e. The second-order valence-corrected chi connectivity index (χ2v) is 5.50. The van der Waals surface area contributed by atoms with Crippen LogP contribution in [0.1, 0.15) is 39.0 Å². The molecule has 1 aliphatic rings. The van der Waals surface area contributed by atoms with Crippen LogP contribution in [0.3, 0.4) is 0 Å². The van der Waals surface area contributed by atoms with Gasteiger partial charge in [0.05, 0.1) is 6.61 Å². The molecule has 17 heavy (non-hydrogen) atoms. The van der Waals surface area contributed by atoms with E-state index in [9.17, 15) is 0 Å². The Morgan fingerprint density at radius 2 is 1.82 bits per heavy atom. The summed E-state index contributed by atoms with van der Waals surface area (Å²) in [6, 6.07) is 0. The van der Waals surface area contributed by atoms with Crippen LogP contribution < -0.4 is 10.6 Å². The van der Waals surface area contributed by atoms with E-state index in [4.69, 9.17) is 17.0 Å². The number of thiocarbonyl (C=S) groups is 1. The Morgan fingerprint density at radius 3 is 2.47 bits per heavy atom. The van der Waals surface area contributed by atoms with Gasteiger partial charge in [-0.1, -0.05) is 32.6 Å². The van der Waals surface area contributed by atoms with Crippen LogP contribution in [-0.4, -0.2) is 31.9 Å². The average molecular weight is 258 g/mol. The number of hydrogen-bond acceptors (Lipinski definition) is 2. The van der Waals surface area contributed by atoms with Crippen LogP contribution in [0, 0.1) is 11.8 Å². The lowest BCUT2D eigenvalue weighted by atomic mass is 9.81. The predicted molar refractivity (Wildman–Crippen MR) is 76.2 cm³/mol. The van der Waals surface area contributed by atoms with Crippen molar-refractivity contribution < 1.29 is 4.74 Å². The Balaban J connectivity index is 1.97. The number of methoxy groups -OCH3 is 1. The highest BCUT2D eigenvalue weighted by atomic mass is 32.1. The topological polar surface area (TPSA) is 33.3 Å². The molecule has 1 fully saturated rings. The summed E-state index contributed by atoms with van der Waals surface area (Å²) >= 11 is 5.18. The van der Waals surface area contributed by atoms with Gasteiger partial charge in [-0.25, -0.2) is 0 Å². The van der Waals surface area contributed by atoms with Crippen molar-refractivity contribution in [3.05, 3.63) is 0 Å². The van der Waals surface area contributed by atoms with Gasteiger partial charge >= 0.3 is 0 Å². The highest BCUT2D eigenvalue weighted by Crippen LogP contribution is 2.29. The van der Waals surface area contributed by atoms with Crippen molar-refractivity contribution in [1.29, 1.82) is 0 Å². The van der Waals surface area contributed by atoms with Gasteiger partial charge in [0.2, 0.25) is 0 Å². The summed E-state index contributed by atoms with van der Waals surface area (Å²) in [5.41, 5.74) is 0. The second-order valence-electron chi connectivity index (χ2n) is 5.09. The minimum absolute atomic E-state index is 0.697. The molecule has 0 radical (unpaired) electrons. The average Bonchev–Trinajstić information content (AvgIpc) is 2.32. The minimum Gasteiger partial charge on any atom is -0.383 e. The van der Waals surface area contributed by atoms with Gasteiger partial charge in [0.1, 0.15) is 0 Å². The van der Waals surface area contributed by atoms with E-state index in [-0.39, 0.29) is 0 Å². The van der Waals surface area contributed by atoms with Gasteiger partial charge < -0.3 is 15.4 Å². The molecule has 0 unspecified atom stereocenters. The summed E-state index contributed by atoms with van der Waals surface area (Å²) in [7, 11) is 1.70. The molecule has 0 amide bonds. The first kappa shape index (κ1) is 14.7. The van der Waals surface area contributed by atoms with Crippen LogP contribution in [0.4, 0.5) is 0 Å². The Hall–Kier alpha value is -0.350. The molecule has 1 aliphatic carbocycles. The van der Waals surface area contributed by atoms with Crippen molar-refractivity contribution in [2.45, 2.75) is 39.0 Å². The zero-order chi connectivity index (χ0) is 12.5. The molecule has 0 aromatic rings. The maximum absolute atomic E-state index is 5.18. The lowest BCUT2D eigenvalue weighted by Gasteiger charge is -2.26. The van der Waals surface area contributed by atoms with Gasteiger partial charge in [-0.3, -0.25) is 0 Å². The molecule has 0 heterocycles. The monoisotopic (exact) mass is 258 g/mol. The van der Waals surface area contributed by atoms with Gasteiger partial charge in [-0.2, -0.15) is 0 Å². The summed E-state index contributed by atoms with van der Waals surface area (Å²) in [6.07, 6.45) is 6.85. The lowest BCUT2D eigenvalue weighted by Crippen LogP contribution is -2.38. The van der Waals surface area contributed by atoms with E-state index in [1.54, 1.807) is 7.11 Å². The van der Waals surface area contributed by atoms with Gasteiger partial charge in [0.15, 0.2) is 5.11 Å². The zero-order valence-electron chi connectivity index (χ0n) is 11.1. The first-order valence-electron chi connectivity index (χ1n) is 6.73. The van der Waals surface area contributed by atoms with Crippen molar-refractivity contribution in [1.82, 2.24) is 10.6 Å². The highest BCUT2D eigenvalue weighted by molar-refractivity contribution is 7.80. The summed E-state index contributed by atoms with van der Waals surface area (Å²) in [6.45, 7) is 4.84. The van der Waals surface area contributed by atoms with Gasteiger partial charge in [0.25, 0.3) is 0 Å². The Kier molecular flexibility index (Phi) is 7.53. The van der Waals surface area contributed by atoms with Crippen LogP contribution in [0.25, 0.3) is 0 Å². The molecule has 0 aliphatic heterocycles. The third kappa shape index (κ3) is 6.84. The van der Waals surface area contributed by atoms with Gasteiger partial charge in [-0.05, 0) is 30.5 Å². The number of rotatable bonds is 6. The standard InChI is InChI=1S/C13H26N2OS/c1-11-3-5-12(6-4-11)7-8-14-13(17)15-9-10-16-2/h11-12H,3-10H2,1-2H3,(H2,14,15,17). The summed E-state index contributed by atoms with van der Waals surface area (Å²) in [5.74, 6) is 1.84. The molecule has 0 atom stereocenters. The fourth-order valence-corrected chi connectivity index (χ4v) is 2.54. The lowest BCUT2D eigenvalue weighted by molar-refractivity contribution is 0.204. The second kappa shape index (κ2) is 8.70. The predicted octanol–water partition coefficient (Wildman–Crippen LogP) is 2.31. The molecule has 0 bridgehead atoms. The first-order valence-corrected chi connectivity index (χ1v) is 7.13. The summed E-state index contributed by atoms with van der Waals surface area (Å²) < 4.78 is 4.95. The Labute approximate surface area is 111 Å². The molecule has 0 aromatic carbocycles. The van der Waals surface area contributed by atoms with Gasteiger partial charge in [0, 0.05) is 20.2 Å². The van der Waals surface area contributed by atoms with E-state index in [2.05, 4.69) is 17.6 Å². The third-order valence-corrected chi connectivity index (χ3v) is 3.85. The van der Waals surface area contributed by atoms with E-state index < -0.39 is 0 Å². The fourth-order valence-electron chi connectivity index (χ4n) is 2.34. The normalized spacial score (nSPS) is 24.4. The zero-order valence-corrected chi connectivity index (χ0v) is 11.9. The molecule has 4 heteroatoms. The van der Waals surface area contributed by atoms with E-state index in [1.165, 1.54) is 32.1 Å². The highest BCUT2D eigenvalue weighted by Gasteiger charge is 2.17. The van der Waals surface area contributed by atoms with Crippen molar-refractivity contribution in [3.63, 3.8) is 0 Å². The van der Waals surface area contributed by atoms with Crippen LogP contribution in [0.5, 0.6) is 0 Å². The maximum atomic E-state index is 5.18. The molecule has 3 nitrogen and oxygen atoms in total. The number of nitrogens with one attached hydrogen (secondary N) is 2. The van der Waals surface area contributed by atoms with Crippen LogP contribution in [-0.2, 0) is 4.74 Å². The van der Waals surface area contributed by atoms with Crippen molar-refractivity contribution >= 4 is 17.3 Å². The van der Waals surface area contributed by atoms with Crippen LogP contribution in [0.2, 0.25) is 0 Å². The van der Waals surface area contributed by atoms with Crippen LogP contribution >= 0.6 is 12.2 Å². The minimum atomic E-state index is 0.697. The quantitative estimate of drug-likeness (QED) is 0.566. The molecule has 0 aromatic heterocycles. The molecule has 100 valence electrons. The van der Waals surface area contributed by atoms with E-state index in [0.29, 0.717) is 6.61 Å². The third-order valence-electron chi connectivity index (χ3n) is 3.57. The van der Waals surface area contributed by atoms with E-state index >= 15 is 0 Å². The van der Waals surface area contributed by atoms with E-state index in [0.717, 1.165) is 30.0 Å². The Bertz CT molecular complexity index is 215. The SMILES string of the molecule is COCCNC(=S)NCCC1CCC(C)CC1. The Morgan fingerprint density at radius 1 is 1.18 bits per heavy atom. The molecular formula is C13H26N2OS. The van der Waals surface area contributed by atoms with Crippen molar-refractivity contribution in [2.75, 3.05) is 26.8 Å². The molecule has 2 N–H and O–H groups in total. The molecule has 1 saturated carbocycles. The number of ether oxygens (including phenoxy) is 1. The largest absolute Gasteiger partial charge is 0.383 e. The van der Waals surface area contributed by atoms with Crippen LogP contribution in [0.15, 0.2) is 0 Å². The molecular weight excluding hydrogens is 232 g/mol. The molecule has 1 rings (SSSR count). The molecule has 0 spiro atoms. The number of hydrogen-bond donors (Lipinski definition) is 2. The van der Waals surface area contributed by atoms with E-state index in [1.807, 2.05) is 0 Å². The summed E-state index contributed by atoms with van der Waals surface area (Å²) in [5, 5.41) is 7.14. The molecule has 0 saturated heterocycles. The van der Waals surface area contributed by atoms with Crippen molar-refractivity contribution in [2.24, 2.45) is 11.8 Å². The van der Waals surface area contributed by atoms with Gasteiger partial charge in [-0.15, -0.1) is 0 Å². The summed E-state index contributed by atoms with van der Waals surface area (Å²) in [4.78, 5) is 0. The smallest absolute Gasteiger partial charge is 0.166 e. The fraction of sp³-hybridized carbons (Fsp3) is 0.923.